The van der Waals surface area contributed by atoms with Gasteiger partial charge in [-0.2, -0.15) is 0 Å². The third-order valence-electron chi connectivity index (χ3n) is 12.5. The third kappa shape index (κ3) is 40.2. The van der Waals surface area contributed by atoms with Crippen LogP contribution < -0.4 is 29.6 Å². The molecule has 1 aromatic rings. The molecule has 0 spiro atoms. The van der Waals surface area contributed by atoms with Crippen LogP contribution in [0.3, 0.4) is 0 Å². The van der Waals surface area contributed by atoms with Gasteiger partial charge in [0.2, 0.25) is 0 Å². The van der Waals surface area contributed by atoms with Gasteiger partial charge in [0.25, 0.3) is 0 Å². The molecule has 1 aromatic carbocycles. The second-order valence-electron chi connectivity index (χ2n) is 18.6. The van der Waals surface area contributed by atoms with Crippen LogP contribution in [0.4, 0.5) is 0 Å². The Morgan fingerprint density at radius 2 is 0.677 bits per heavy atom. The largest absolute Gasteiger partial charge is 1.00 e. The summed E-state index contributed by atoms with van der Waals surface area (Å²) < 4.78 is 45.9. The molecule has 0 aliphatic rings. The van der Waals surface area contributed by atoms with Gasteiger partial charge >= 0.3 is 41.5 Å². The van der Waals surface area contributed by atoms with Crippen LogP contribution in [0.2, 0.25) is 0 Å². The van der Waals surface area contributed by atoms with Gasteiger partial charge in [-0.05, 0) is 56.7 Å². The van der Waals surface area contributed by atoms with Gasteiger partial charge in [0.15, 0.2) is 0 Å². The van der Waals surface area contributed by atoms with Crippen LogP contribution in [0, 0.1) is 0 Å². The SMILES string of the molecule is CCCCCCCCCCCCCCCCCCCC/C=C/CCOC(=O)c1ccc(S(=O)(=O)[O-])cc1C(=O)OCC/C=C/CCCCCCCCCCCCCCCCCCCC.[Na+]. The number of allylic oxidation sites excluding steroid dienone is 2. The maximum Gasteiger partial charge on any atom is 1.00 e. The predicted molar refractivity (Wildman–Crippen MR) is 269 cm³/mol. The fourth-order valence-electron chi connectivity index (χ4n) is 8.42. The van der Waals surface area contributed by atoms with Crippen molar-refractivity contribution in [1.82, 2.24) is 0 Å². The summed E-state index contributed by atoms with van der Waals surface area (Å²) in [6.07, 6.45) is 60.1. The van der Waals surface area contributed by atoms with E-state index < -0.39 is 27.0 Å². The number of carbonyl (C=O) groups excluding carboxylic acids is 2. The van der Waals surface area contributed by atoms with Gasteiger partial charge in [0.05, 0.1) is 29.2 Å². The fraction of sp³-hybridized carbons (Fsp3) is 0.786. The molecular weight excluding hydrogens is 840 g/mol. The summed E-state index contributed by atoms with van der Waals surface area (Å²) in [5.41, 5.74) is -0.404. The van der Waals surface area contributed by atoms with Crippen LogP contribution in [-0.4, -0.2) is 38.1 Å². The van der Waals surface area contributed by atoms with Crippen LogP contribution in [0.15, 0.2) is 47.4 Å². The van der Waals surface area contributed by atoms with Gasteiger partial charge in [-0.3, -0.25) is 0 Å². The van der Waals surface area contributed by atoms with Crippen molar-refractivity contribution in [2.75, 3.05) is 13.2 Å². The van der Waals surface area contributed by atoms with Crippen LogP contribution in [0.5, 0.6) is 0 Å². The Morgan fingerprint density at radius 3 is 0.969 bits per heavy atom. The Balaban J connectivity index is 0.0000410. The number of hydrogen-bond acceptors (Lipinski definition) is 7. The van der Waals surface area contributed by atoms with Crippen LogP contribution in [0.1, 0.15) is 291 Å². The van der Waals surface area contributed by atoms with E-state index in [9.17, 15) is 22.6 Å². The van der Waals surface area contributed by atoms with Crippen molar-refractivity contribution in [2.45, 2.75) is 276 Å². The van der Waals surface area contributed by atoms with E-state index >= 15 is 0 Å². The van der Waals surface area contributed by atoms with Crippen molar-refractivity contribution in [3.05, 3.63) is 53.6 Å². The number of ether oxygens (including phenoxy) is 2. The first-order valence-electron chi connectivity index (χ1n) is 27.0. The fourth-order valence-corrected chi connectivity index (χ4v) is 8.92. The van der Waals surface area contributed by atoms with E-state index in [0.717, 1.165) is 43.9 Å². The molecule has 0 heterocycles. The molecule has 0 saturated carbocycles. The third-order valence-corrected chi connectivity index (χ3v) is 13.4. The molecule has 1 rings (SSSR count). The van der Waals surface area contributed by atoms with Gasteiger partial charge in [-0.25, -0.2) is 18.0 Å². The number of benzene rings is 1. The van der Waals surface area contributed by atoms with E-state index in [1.54, 1.807) is 0 Å². The first-order chi connectivity index (χ1) is 31.3. The van der Waals surface area contributed by atoms with Gasteiger partial charge in [0, 0.05) is 0 Å². The average molecular weight is 937 g/mol. The van der Waals surface area contributed by atoms with Crippen molar-refractivity contribution in [3.63, 3.8) is 0 Å². The smallest absolute Gasteiger partial charge is 0.744 e. The van der Waals surface area contributed by atoms with Crippen molar-refractivity contribution < 1.29 is 61.6 Å². The molecule has 65 heavy (non-hydrogen) atoms. The number of unbranched alkanes of at least 4 members (excludes halogenated alkanes) is 36. The molecule has 0 unspecified atom stereocenters. The number of rotatable bonds is 47. The molecule has 0 radical (unpaired) electrons. The van der Waals surface area contributed by atoms with Gasteiger partial charge in [-0.1, -0.05) is 256 Å². The van der Waals surface area contributed by atoms with E-state index in [-0.39, 0.29) is 53.9 Å². The Labute approximate surface area is 423 Å². The monoisotopic (exact) mass is 937 g/mol. The van der Waals surface area contributed by atoms with Crippen molar-refractivity contribution >= 4 is 22.1 Å². The summed E-state index contributed by atoms with van der Waals surface area (Å²) >= 11 is 0. The van der Waals surface area contributed by atoms with Crippen molar-refractivity contribution in [3.8, 4) is 0 Å². The molecule has 0 atom stereocenters. The predicted octanol–water partition coefficient (Wildman–Crippen LogP) is 14.7. The number of hydrogen-bond donors (Lipinski definition) is 0. The van der Waals surface area contributed by atoms with Crippen molar-refractivity contribution in [2.24, 2.45) is 0 Å². The zero-order chi connectivity index (χ0) is 46.4. The van der Waals surface area contributed by atoms with E-state index in [4.69, 9.17) is 9.47 Å². The van der Waals surface area contributed by atoms with E-state index in [1.165, 1.54) is 218 Å². The maximum atomic E-state index is 13.0. The molecule has 0 bridgehead atoms. The van der Waals surface area contributed by atoms with E-state index in [1.807, 2.05) is 12.2 Å². The van der Waals surface area contributed by atoms with Crippen LogP contribution in [-0.2, 0) is 19.6 Å². The zero-order valence-electron chi connectivity index (χ0n) is 42.5. The normalized spacial score (nSPS) is 11.7. The Hall–Kier alpha value is -1.45. The maximum absolute atomic E-state index is 13.0. The topological polar surface area (TPSA) is 110 Å². The summed E-state index contributed by atoms with van der Waals surface area (Å²) in [7, 11) is -4.84. The standard InChI is InChI=1S/C56H98O7S.Na/c1-3-5-7-9-11-13-15-17-19-21-23-25-27-29-31-33-35-37-39-41-43-45-49-62-55(57)53-48-47-52(64(59,60)61)51-54(53)56(58)63-50-46-44-42-40-38-36-34-32-30-28-26-24-22-20-18-16-14-12-10-8-6-4-2;/h41-44,47-48,51H,3-40,45-46,49-50H2,1-2H3,(H,59,60,61);/q;+1/p-1/b43-41+,44-42+;. The summed E-state index contributed by atoms with van der Waals surface area (Å²) in [6.45, 7) is 4.75. The second kappa shape index (κ2) is 47.6. The quantitative estimate of drug-likeness (QED) is 0.0210. The molecule has 0 aliphatic heterocycles. The van der Waals surface area contributed by atoms with Crippen LogP contribution >= 0.6 is 0 Å². The van der Waals surface area contributed by atoms with Crippen LogP contribution in [0.25, 0.3) is 0 Å². The summed E-state index contributed by atoms with van der Waals surface area (Å²) in [4.78, 5) is 25.3. The molecule has 9 heteroatoms. The molecule has 0 N–H and O–H groups in total. The Bertz CT molecular complexity index is 1410. The van der Waals surface area contributed by atoms with Gasteiger partial charge in [-0.15, -0.1) is 0 Å². The molecule has 0 fully saturated rings. The Morgan fingerprint density at radius 1 is 0.415 bits per heavy atom. The molecule has 0 aliphatic carbocycles. The molecule has 0 amide bonds. The summed E-state index contributed by atoms with van der Waals surface area (Å²) in [5, 5.41) is 0. The summed E-state index contributed by atoms with van der Waals surface area (Å²) in [5.74, 6) is -1.62. The minimum atomic E-state index is -4.84. The molecule has 0 aromatic heterocycles. The second-order valence-corrected chi connectivity index (χ2v) is 19.9. The average Bonchev–Trinajstić information content (AvgIpc) is 3.28. The Kier molecular flexibility index (Phi) is 46.5. The van der Waals surface area contributed by atoms with E-state index in [2.05, 4.69) is 26.0 Å². The van der Waals surface area contributed by atoms with Gasteiger partial charge in [0.1, 0.15) is 10.1 Å². The molecule has 0 saturated heterocycles. The molecule has 7 nitrogen and oxygen atoms in total. The minimum Gasteiger partial charge on any atom is -0.744 e. The first kappa shape index (κ1) is 63.5. The minimum absolute atomic E-state index is 0. The number of carbonyl (C=O) groups is 2. The number of esters is 2. The molecular formula is C56H97NaO7S. The summed E-state index contributed by atoms with van der Waals surface area (Å²) in [6, 6.07) is 3.09. The molecule has 370 valence electrons. The van der Waals surface area contributed by atoms with Gasteiger partial charge < -0.3 is 14.0 Å². The first-order valence-corrected chi connectivity index (χ1v) is 28.5. The van der Waals surface area contributed by atoms with E-state index in [0.29, 0.717) is 12.8 Å². The van der Waals surface area contributed by atoms with Crippen molar-refractivity contribution in [1.29, 1.82) is 0 Å². The zero-order valence-corrected chi connectivity index (χ0v) is 45.3.